The number of methoxy groups -OCH3 is 1. The van der Waals surface area contributed by atoms with Crippen LogP contribution in [0.1, 0.15) is 11.1 Å². The van der Waals surface area contributed by atoms with Crippen LogP contribution in [0.15, 0.2) is 48.9 Å². The van der Waals surface area contributed by atoms with E-state index in [9.17, 15) is 21.8 Å². The van der Waals surface area contributed by atoms with Crippen molar-refractivity contribution in [3.05, 3.63) is 65.9 Å². The number of nitriles is 1. The molecule has 176 valence electrons. The molecule has 34 heavy (non-hydrogen) atoms. The van der Waals surface area contributed by atoms with E-state index in [1.807, 2.05) is 6.07 Å². The summed E-state index contributed by atoms with van der Waals surface area (Å²) in [6.07, 6.45) is 1.53. The molecule has 6 nitrogen and oxygen atoms in total. The number of hydrogen-bond acceptors (Lipinski definition) is 6. The zero-order valence-electron chi connectivity index (χ0n) is 18.1. The van der Waals surface area contributed by atoms with Gasteiger partial charge in [0, 0.05) is 24.1 Å². The summed E-state index contributed by atoms with van der Waals surface area (Å²) < 4.78 is 72.4. The Labute approximate surface area is 193 Å². The molecule has 0 saturated heterocycles. The Morgan fingerprint density at radius 3 is 2.53 bits per heavy atom. The largest absolute Gasteiger partial charge is 0.496 e. The fourth-order valence-corrected chi connectivity index (χ4v) is 4.68. The molecule has 11 heteroatoms. The van der Waals surface area contributed by atoms with Crippen molar-refractivity contribution in [1.29, 1.82) is 5.26 Å². The highest BCUT2D eigenvalue weighted by molar-refractivity contribution is 8.00. The van der Waals surface area contributed by atoms with Gasteiger partial charge < -0.3 is 9.64 Å². The highest BCUT2D eigenvalue weighted by atomic mass is 32.2. The number of ether oxygens (including phenoxy) is 1. The standard InChI is InChI=1S/C23H18F4N4O2S/c1-13-30(2)20-11-29-18-9-21(33-3)15(12-34(4,32)23(25,26)27)8-16(18)22(20)31(13)19-6-5-14(10-28)7-17(19)24/h5-9,11H,1,4,12H2,2-3H3. The Bertz CT molecular complexity index is 1490. The predicted octanol–water partition coefficient (Wildman–Crippen LogP) is 5.05. The summed E-state index contributed by atoms with van der Waals surface area (Å²) >= 11 is 0. The second-order valence-electron chi connectivity index (χ2n) is 7.66. The van der Waals surface area contributed by atoms with E-state index in [0.29, 0.717) is 28.1 Å². The number of rotatable bonds is 4. The normalized spacial score (nSPS) is 15.3. The van der Waals surface area contributed by atoms with E-state index < -0.39 is 26.6 Å². The summed E-state index contributed by atoms with van der Waals surface area (Å²) in [5, 5.41) is 9.43. The third kappa shape index (κ3) is 3.60. The highest BCUT2D eigenvalue weighted by Crippen LogP contribution is 2.49. The van der Waals surface area contributed by atoms with Crippen LogP contribution in [0.4, 0.5) is 34.6 Å². The fraction of sp³-hybridized carbons (Fsp3) is 0.174. The molecular formula is C23H18F4N4O2S. The molecule has 2 heterocycles. The van der Waals surface area contributed by atoms with Gasteiger partial charge in [0.1, 0.15) is 17.4 Å². The van der Waals surface area contributed by atoms with E-state index in [4.69, 9.17) is 10.00 Å². The Morgan fingerprint density at radius 1 is 1.24 bits per heavy atom. The van der Waals surface area contributed by atoms with Crippen LogP contribution < -0.4 is 14.5 Å². The van der Waals surface area contributed by atoms with Crippen molar-refractivity contribution in [2.75, 3.05) is 24.0 Å². The van der Waals surface area contributed by atoms with E-state index in [-0.39, 0.29) is 22.6 Å². The van der Waals surface area contributed by atoms with E-state index in [1.54, 1.807) is 11.9 Å². The Hall–Kier alpha value is -3.78. The zero-order chi connectivity index (χ0) is 25.0. The highest BCUT2D eigenvalue weighted by Gasteiger charge is 2.40. The van der Waals surface area contributed by atoms with Gasteiger partial charge in [-0.1, -0.05) is 6.58 Å². The van der Waals surface area contributed by atoms with Crippen molar-refractivity contribution in [1.82, 2.24) is 4.98 Å². The molecule has 0 spiro atoms. The number of pyridine rings is 1. The summed E-state index contributed by atoms with van der Waals surface area (Å²) in [5.41, 5.74) is -3.45. The molecule has 2 aromatic carbocycles. The number of benzene rings is 2. The number of anilines is 3. The van der Waals surface area contributed by atoms with E-state index in [1.165, 1.54) is 42.5 Å². The van der Waals surface area contributed by atoms with Gasteiger partial charge in [-0.15, -0.1) is 0 Å². The van der Waals surface area contributed by atoms with Gasteiger partial charge in [0.15, 0.2) is 0 Å². The maximum atomic E-state index is 15.0. The first-order valence-electron chi connectivity index (χ1n) is 9.73. The average molecular weight is 490 g/mol. The number of halogens is 4. The lowest BCUT2D eigenvalue weighted by Crippen LogP contribution is -2.24. The minimum atomic E-state index is -5.00. The van der Waals surface area contributed by atoms with Crippen LogP contribution in [-0.4, -0.2) is 34.7 Å². The number of nitrogens with zero attached hydrogens (tertiary/aromatic N) is 4. The first-order chi connectivity index (χ1) is 15.9. The molecule has 1 aromatic heterocycles. The van der Waals surface area contributed by atoms with Crippen LogP contribution in [0.3, 0.4) is 0 Å². The SMILES string of the molecule is C=C1N(C)c2cnc3cc(OC)c(CS(=C)(=O)C(F)(F)F)cc3c2N1c1ccc(C#N)cc1F. The van der Waals surface area contributed by atoms with Crippen molar-refractivity contribution in [2.24, 2.45) is 0 Å². The molecule has 4 rings (SSSR count). The third-order valence-corrected chi connectivity index (χ3v) is 7.20. The van der Waals surface area contributed by atoms with Crippen LogP contribution in [0.2, 0.25) is 0 Å². The van der Waals surface area contributed by atoms with E-state index >= 15 is 0 Å². The Balaban J connectivity index is 1.98. The average Bonchev–Trinajstić information content (AvgIpc) is 3.02. The molecule has 0 bridgehead atoms. The lowest BCUT2D eigenvalue weighted by molar-refractivity contribution is -0.0393. The molecule has 1 aliphatic heterocycles. The van der Waals surface area contributed by atoms with E-state index in [2.05, 4.69) is 17.4 Å². The van der Waals surface area contributed by atoms with Gasteiger partial charge >= 0.3 is 5.51 Å². The Kier molecular flexibility index (Phi) is 5.44. The molecule has 0 amide bonds. The lowest BCUT2D eigenvalue weighted by Gasteiger charge is -2.23. The quantitative estimate of drug-likeness (QED) is 0.377. The van der Waals surface area contributed by atoms with Gasteiger partial charge in [0.2, 0.25) is 0 Å². The van der Waals surface area contributed by atoms with Gasteiger partial charge in [-0.05, 0) is 30.1 Å². The van der Waals surface area contributed by atoms with Gasteiger partial charge in [0.05, 0.1) is 62.8 Å². The molecule has 3 aromatic rings. The summed E-state index contributed by atoms with van der Waals surface area (Å²) in [5.74, 6) is 1.75. The number of hydrogen-bond donors (Lipinski definition) is 0. The smallest absolute Gasteiger partial charge is 0.463 e. The van der Waals surface area contributed by atoms with Gasteiger partial charge in [-0.2, -0.15) is 18.4 Å². The van der Waals surface area contributed by atoms with Crippen molar-refractivity contribution < 1.29 is 26.5 Å². The van der Waals surface area contributed by atoms with Gasteiger partial charge in [-0.3, -0.25) is 14.1 Å². The van der Waals surface area contributed by atoms with Crippen LogP contribution in [0.25, 0.3) is 10.9 Å². The van der Waals surface area contributed by atoms with Crippen LogP contribution in [0, 0.1) is 17.1 Å². The molecule has 0 N–H and O–H groups in total. The van der Waals surface area contributed by atoms with Crippen LogP contribution >= 0.6 is 0 Å². The minimum absolute atomic E-state index is 0.0166. The summed E-state index contributed by atoms with van der Waals surface area (Å²) in [4.78, 5) is 7.53. The third-order valence-electron chi connectivity index (χ3n) is 5.58. The van der Waals surface area contributed by atoms with Gasteiger partial charge in [0.25, 0.3) is 0 Å². The van der Waals surface area contributed by atoms with Gasteiger partial charge in [-0.25, -0.2) is 4.39 Å². The second-order valence-corrected chi connectivity index (χ2v) is 10.0. The summed E-state index contributed by atoms with van der Waals surface area (Å²) in [6.45, 7) is 4.01. The Morgan fingerprint density at radius 2 is 1.94 bits per heavy atom. The predicted molar refractivity (Wildman–Crippen MR) is 124 cm³/mol. The minimum Gasteiger partial charge on any atom is -0.496 e. The van der Waals surface area contributed by atoms with Crippen molar-refractivity contribution >= 4 is 43.4 Å². The summed E-state index contributed by atoms with van der Waals surface area (Å²) in [7, 11) is -1.53. The van der Waals surface area contributed by atoms with Crippen molar-refractivity contribution in [3.8, 4) is 11.8 Å². The topological polar surface area (TPSA) is 69.5 Å². The molecule has 0 radical (unpaired) electrons. The second kappa shape index (κ2) is 7.92. The first kappa shape index (κ1) is 23.4. The van der Waals surface area contributed by atoms with E-state index in [0.717, 1.165) is 6.07 Å². The molecule has 1 aliphatic rings. The number of aromatic nitrogens is 1. The number of alkyl halides is 3. The molecule has 1 atom stereocenters. The van der Waals surface area contributed by atoms with Crippen LogP contribution in [-0.2, 0) is 15.3 Å². The van der Waals surface area contributed by atoms with Crippen LogP contribution in [0.5, 0.6) is 5.75 Å². The maximum absolute atomic E-state index is 15.0. The molecule has 0 fully saturated rings. The lowest BCUT2D eigenvalue weighted by atomic mass is 10.1. The first-order valence-corrected chi connectivity index (χ1v) is 11.6. The maximum Gasteiger partial charge on any atom is 0.463 e. The molecule has 0 aliphatic carbocycles. The molecule has 0 saturated carbocycles. The fourth-order valence-electron chi connectivity index (χ4n) is 3.79. The number of fused-ring (bicyclic) bond motifs is 3. The molecular weight excluding hydrogens is 472 g/mol. The molecule has 1 unspecified atom stereocenters. The summed E-state index contributed by atoms with van der Waals surface area (Å²) in [6, 6.07) is 8.66. The monoisotopic (exact) mass is 490 g/mol. The van der Waals surface area contributed by atoms with Crippen molar-refractivity contribution in [3.63, 3.8) is 0 Å². The van der Waals surface area contributed by atoms with Crippen molar-refractivity contribution in [2.45, 2.75) is 11.3 Å². The zero-order valence-corrected chi connectivity index (χ0v) is 18.9.